The van der Waals surface area contributed by atoms with Gasteiger partial charge in [-0.15, -0.1) is 0 Å². The fraction of sp³-hybridized carbons (Fsp3) is 0.875. The predicted octanol–water partition coefficient (Wildman–Crippen LogP) is -3.54. The second-order valence-corrected chi connectivity index (χ2v) is 3.62. The molecular weight excluding hydrogens is 222 g/mol. The first-order chi connectivity index (χ1) is 7.40. The molecule has 0 aromatic heterocycles. The Morgan fingerprint density at radius 1 is 1.44 bits per heavy atom. The monoisotopic (exact) mass is 237 g/mol. The maximum atomic E-state index is 10.2. The van der Waals surface area contributed by atoms with Crippen molar-refractivity contribution in [1.29, 1.82) is 0 Å². The number of carboxylic acid groups (broad SMARTS) is 1. The molecule has 6 N–H and O–H groups in total. The molecule has 0 radical (unpaired) electrons. The van der Waals surface area contributed by atoms with Crippen LogP contribution < -0.4 is 5.32 Å². The Kier molecular flexibility index (Phi) is 4.19. The van der Waals surface area contributed by atoms with Gasteiger partial charge in [-0.05, 0) is 0 Å². The maximum absolute atomic E-state index is 10.2. The summed E-state index contributed by atoms with van der Waals surface area (Å²) in [5, 5.41) is 47.9. The van der Waals surface area contributed by atoms with Crippen LogP contribution in [0.1, 0.15) is 0 Å². The predicted molar refractivity (Wildman–Crippen MR) is 49.4 cm³/mol. The number of hydrogen-bond donors (Lipinski definition) is 6. The van der Waals surface area contributed by atoms with E-state index in [1.54, 1.807) is 0 Å². The lowest BCUT2D eigenvalue weighted by Gasteiger charge is -2.22. The molecule has 1 saturated heterocycles. The molecule has 1 heterocycles. The first-order valence-electron chi connectivity index (χ1n) is 4.70. The van der Waals surface area contributed by atoms with Gasteiger partial charge in [-0.3, -0.25) is 4.79 Å². The number of carboxylic acids is 1. The second-order valence-electron chi connectivity index (χ2n) is 3.62. The van der Waals surface area contributed by atoms with E-state index in [0.29, 0.717) is 0 Å². The van der Waals surface area contributed by atoms with Crippen LogP contribution in [-0.2, 0) is 9.53 Å². The van der Waals surface area contributed by atoms with Crippen molar-refractivity contribution in [3.8, 4) is 0 Å². The Morgan fingerprint density at radius 2 is 2.06 bits per heavy atom. The van der Waals surface area contributed by atoms with Crippen LogP contribution >= 0.6 is 0 Å². The SMILES string of the molecule is O=C(O)CNC[C@@H]1O[C@](O)(CO)[C@@H](O)[C@@H]1O. The molecule has 16 heavy (non-hydrogen) atoms. The normalized spacial score (nSPS) is 38.9. The first kappa shape index (κ1) is 13.3. The van der Waals surface area contributed by atoms with Crippen LogP contribution in [0, 0.1) is 0 Å². The second kappa shape index (κ2) is 5.04. The van der Waals surface area contributed by atoms with Crippen molar-refractivity contribution in [3.63, 3.8) is 0 Å². The molecular formula is C8H15NO7. The summed E-state index contributed by atoms with van der Waals surface area (Å²) in [5.41, 5.74) is 0. The molecule has 0 aromatic carbocycles. The zero-order valence-corrected chi connectivity index (χ0v) is 8.41. The minimum Gasteiger partial charge on any atom is -0.480 e. The first-order valence-corrected chi connectivity index (χ1v) is 4.70. The van der Waals surface area contributed by atoms with Crippen molar-refractivity contribution in [2.45, 2.75) is 24.1 Å². The van der Waals surface area contributed by atoms with Gasteiger partial charge >= 0.3 is 5.97 Å². The summed E-state index contributed by atoms with van der Waals surface area (Å²) in [7, 11) is 0. The lowest BCUT2D eigenvalue weighted by Crippen LogP contribution is -2.46. The summed E-state index contributed by atoms with van der Waals surface area (Å²) < 4.78 is 4.85. The number of rotatable bonds is 5. The van der Waals surface area contributed by atoms with E-state index in [9.17, 15) is 20.1 Å². The molecule has 0 saturated carbocycles. The van der Waals surface area contributed by atoms with Gasteiger partial charge < -0.3 is 35.6 Å². The number of aliphatic hydroxyl groups is 4. The quantitative estimate of drug-likeness (QED) is 0.289. The van der Waals surface area contributed by atoms with Gasteiger partial charge in [0.15, 0.2) is 0 Å². The largest absolute Gasteiger partial charge is 0.480 e. The molecule has 8 nitrogen and oxygen atoms in total. The Labute approximate surface area is 91.1 Å². The zero-order chi connectivity index (χ0) is 12.3. The summed E-state index contributed by atoms with van der Waals surface area (Å²) >= 11 is 0. The topological polar surface area (TPSA) is 139 Å². The molecule has 8 heteroatoms. The van der Waals surface area contributed by atoms with Crippen LogP contribution in [0.15, 0.2) is 0 Å². The van der Waals surface area contributed by atoms with Crippen LogP contribution in [0.25, 0.3) is 0 Å². The molecule has 0 unspecified atom stereocenters. The zero-order valence-electron chi connectivity index (χ0n) is 8.41. The van der Waals surface area contributed by atoms with Crippen molar-refractivity contribution in [2.24, 2.45) is 0 Å². The number of nitrogens with one attached hydrogen (secondary N) is 1. The molecule has 94 valence electrons. The summed E-state index contributed by atoms with van der Waals surface area (Å²) in [6.45, 7) is -1.26. The molecule has 0 aliphatic carbocycles. The lowest BCUT2D eigenvalue weighted by molar-refractivity contribution is -0.245. The van der Waals surface area contributed by atoms with Gasteiger partial charge in [-0.25, -0.2) is 0 Å². The lowest BCUT2D eigenvalue weighted by atomic mass is 10.1. The van der Waals surface area contributed by atoms with Crippen molar-refractivity contribution in [1.82, 2.24) is 5.32 Å². The average Bonchev–Trinajstić information content (AvgIpc) is 2.44. The average molecular weight is 237 g/mol. The standard InChI is InChI=1S/C8H15NO7/c10-3-8(15)7(14)6(13)4(16-8)1-9-2-5(11)12/h4,6-7,9-10,13-15H,1-3H2,(H,11,12)/t4-,6+,7-,8+/m0/s1. The van der Waals surface area contributed by atoms with E-state index < -0.39 is 36.7 Å². The Morgan fingerprint density at radius 3 is 2.50 bits per heavy atom. The Balaban J connectivity index is 2.48. The highest BCUT2D eigenvalue weighted by molar-refractivity contribution is 5.68. The highest BCUT2D eigenvalue weighted by Gasteiger charge is 2.52. The molecule has 0 amide bonds. The Hall–Kier alpha value is -0.770. The summed E-state index contributed by atoms with van der Waals surface area (Å²) in [6, 6.07) is 0. The van der Waals surface area contributed by atoms with E-state index in [4.69, 9.17) is 14.9 Å². The van der Waals surface area contributed by atoms with Crippen LogP contribution in [0.3, 0.4) is 0 Å². The van der Waals surface area contributed by atoms with E-state index in [1.807, 2.05) is 0 Å². The van der Waals surface area contributed by atoms with Crippen molar-refractivity contribution in [2.75, 3.05) is 19.7 Å². The van der Waals surface area contributed by atoms with Crippen LogP contribution in [0.2, 0.25) is 0 Å². The summed E-state index contributed by atoms with van der Waals surface area (Å²) in [6.07, 6.45) is -4.00. The fourth-order valence-electron chi connectivity index (χ4n) is 1.49. The number of hydrogen-bond acceptors (Lipinski definition) is 7. The highest BCUT2D eigenvalue weighted by Crippen LogP contribution is 2.28. The van der Waals surface area contributed by atoms with E-state index in [2.05, 4.69) is 5.32 Å². The summed E-state index contributed by atoms with van der Waals surface area (Å²) in [5.74, 6) is -3.28. The van der Waals surface area contributed by atoms with Gasteiger partial charge in [0.2, 0.25) is 5.79 Å². The van der Waals surface area contributed by atoms with Gasteiger partial charge in [0.1, 0.15) is 18.3 Å². The van der Waals surface area contributed by atoms with Gasteiger partial charge in [-0.1, -0.05) is 0 Å². The van der Waals surface area contributed by atoms with Crippen LogP contribution in [-0.4, -0.2) is 75.3 Å². The molecule has 0 bridgehead atoms. The van der Waals surface area contributed by atoms with E-state index in [-0.39, 0.29) is 13.1 Å². The number of ether oxygens (including phenoxy) is 1. The third-order valence-corrected chi connectivity index (χ3v) is 2.37. The third-order valence-electron chi connectivity index (χ3n) is 2.37. The number of aliphatic carboxylic acids is 1. The van der Waals surface area contributed by atoms with E-state index in [1.165, 1.54) is 0 Å². The summed E-state index contributed by atoms with van der Waals surface area (Å²) in [4.78, 5) is 10.2. The molecule has 0 spiro atoms. The maximum Gasteiger partial charge on any atom is 0.317 e. The molecule has 1 rings (SSSR count). The van der Waals surface area contributed by atoms with Gasteiger partial charge in [0, 0.05) is 6.54 Å². The van der Waals surface area contributed by atoms with E-state index in [0.717, 1.165) is 0 Å². The van der Waals surface area contributed by atoms with E-state index >= 15 is 0 Å². The highest BCUT2D eigenvalue weighted by atomic mass is 16.7. The molecule has 1 aliphatic rings. The smallest absolute Gasteiger partial charge is 0.317 e. The number of aliphatic hydroxyl groups excluding tert-OH is 3. The molecule has 4 atom stereocenters. The third kappa shape index (κ3) is 2.67. The van der Waals surface area contributed by atoms with Crippen LogP contribution in [0.5, 0.6) is 0 Å². The molecule has 1 aliphatic heterocycles. The molecule has 0 aromatic rings. The molecule has 1 fully saturated rings. The van der Waals surface area contributed by atoms with Gasteiger partial charge in [0.25, 0.3) is 0 Å². The minimum atomic E-state index is -2.20. The number of carbonyl (C=O) groups is 1. The fourth-order valence-corrected chi connectivity index (χ4v) is 1.49. The van der Waals surface area contributed by atoms with Crippen LogP contribution in [0.4, 0.5) is 0 Å². The minimum absolute atomic E-state index is 0.0627. The van der Waals surface area contributed by atoms with Crippen molar-refractivity contribution >= 4 is 5.97 Å². The van der Waals surface area contributed by atoms with Crippen molar-refractivity contribution in [3.05, 3.63) is 0 Å². The van der Waals surface area contributed by atoms with Gasteiger partial charge in [0.05, 0.1) is 13.2 Å². The van der Waals surface area contributed by atoms with Crippen molar-refractivity contribution < 1.29 is 35.1 Å². The van der Waals surface area contributed by atoms with Gasteiger partial charge in [-0.2, -0.15) is 0 Å². The Bertz CT molecular complexity index is 261.